The number of hydrogen-bond donors (Lipinski definition) is 1. The SMILES string of the molecule is CNCC1CC(Oc2c(Br)cncc2[N+](=O)[O-])C1. The first kappa shape index (κ1) is 13.2. The molecule has 18 heavy (non-hydrogen) atoms. The summed E-state index contributed by atoms with van der Waals surface area (Å²) in [5.41, 5.74) is -0.0959. The minimum Gasteiger partial charge on any atom is -0.483 e. The van der Waals surface area contributed by atoms with Crippen molar-refractivity contribution in [1.82, 2.24) is 10.3 Å². The van der Waals surface area contributed by atoms with E-state index < -0.39 is 4.92 Å². The van der Waals surface area contributed by atoms with E-state index in [2.05, 4.69) is 26.2 Å². The normalized spacial score (nSPS) is 22.3. The molecule has 0 aliphatic heterocycles. The van der Waals surface area contributed by atoms with Crippen molar-refractivity contribution in [3.63, 3.8) is 0 Å². The van der Waals surface area contributed by atoms with E-state index in [4.69, 9.17) is 4.74 Å². The fourth-order valence-corrected chi connectivity index (χ4v) is 2.47. The molecule has 0 atom stereocenters. The molecular weight excluding hydrogens is 302 g/mol. The van der Waals surface area contributed by atoms with Crippen LogP contribution < -0.4 is 10.1 Å². The van der Waals surface area contributed by atoms with Crippen LogP contribution in [0.3, 0.4) is 0 Å². The maximum Gasteiger partial charge on any atom is 0.330 e. The molecule has 98 valence electrons. The predicted molar refractivity (Wildman–Crippen MR) is 69.7 cm³/mol. The van der Waals surface area contributed by atoms with Crippen LogP contribution in [0, 0.1) is 16.0 Å². The Kier molecular flexibility index (Phi) is 4.13. The largest absolute Gasteiger partial charge is 0.483 e. The third-order valence-corrected chi connectivity index (χ3v) is 3.57. The Morgan fingerprint density at radius 1 is 1.61 bits per heavy atom. The van der Waals surface area contributed by atoms with Crippen LogP contribution in [0.25, 0.3) is 0 Å². The van der Waals surface area contributed by atoms with E-state index in [0.717, 1.165) is 19.4 Å². The molecule has 1 heterocycles. The first-order chi connectivity index (χ1) is 8.61. The molecule has 0 unspecified atom stereocenters. The summed E-state index contributed by atoms with van der Waals surface area (Å²) in [6.45, 7) is 0.958. The highest BCUT2D eigenvalue weighted by Gasteiger charge is 2.32. The van der Waals surface area contributed by atoms with E-state index >= 15 is 0 Å². The molecule has 7 heteroatoms. The molecule has 0 spiro atoms. The van der Waals surface area contributed by atoms with E-state index in [1.807, 2.05) is 7.05 Å². The van der Waals surface area contributed by atoms with Gasteiger partial charge in [-0.15, -0.1) is 0 Å². The molecule has 1 aromatic rings. The summed E-state index contributed by atoms with van der Waals surface area (Å²) in [5.74, 6) is 0.877. The highest BCUT2D eigenvalue weighted by Crippen LogP contribution is 2.38. The minimum absolute atomic E-state index is 0.0562. The van der Waals surface area contributed by atoms with Gasteiger partial charge in [-0.25, -0.2) is 0 Å². The molecule has 1 aliphatic rings. The van der Waals surface area contributed by atoms with Crippen molar-refractivity contribution < 1.29 is 9.66 Å². The highest BCUT2D eigenvalue weighted by molar-refractivity contribution is 9.10. The lowest BCUT2D eigenvalue weighted by Crippen LogP contribution is -2.38. The highest BCUT2D eigenvalue weighted by atomic mass is 79.9. The van der Waals surface area contributed by atoms with Crippen LogP contribution in [0.15, 0.2) is 16.9 Å². The van der Waals surface area contributed by atoms with Crippen LogP contribution in [0.1, 0.15) is 12.8 Å². The average molecular weight is 316 g/mol. The Morgan fingerprint density at radius 2 is 2.33 bits per heavy atom. The van der Waals surface area contributed by atoms with Crippen molar-refractivity contribution in [3.8, 4) is 5.75 Å². The molecule has 0 aromatic carbocycles. The predicted octanol–water partition coefficient (Wildman–Crippen LogP) is 2.13. The molecule has 2 rings (SSSR count). The number of nitrogens with one attached hydrogen (secondary N) is 1. The van der Waals surface area contributed by atoms with Gasteiger partial charge >= 0.3 is 5.69 Å². The van der Waals surface area contributed by atoms with E-state index in [1.54, 1.807) is 0 Å². The van der Waals surface area contributed by atoms with E-state index in [9.17, 15) is 10.1 Å². The average Bonchev–Trinajstić information content (AvgIpc) is 2.28. The molecule has 1 aromatic heterocycles. The van der Waals surface area contributed by atoms with Crippen LogP contribution in [0.2, 0.25) is 0 Å². The first-order valence-corrected chi connectivity index (χ1v) is 6.50. The second-order valence-corrected chi connectivity index (χ2v) is 5.22. The van der Waals surface area contributed by atoms with Gasteiger partial charge in [-0.3, -0.25) is 15.1 Å². The molecule has 1 fully saturated rings. The topological polar surface area (TPSA) is 77.3 Å². The summed E-state index contributed by atoms with van der Waals surface area (Å²) in [7, 11) is 1.92. The number of hydrogen-bond acceptors (Lipinski definition) is 5. The lowest BCUT2D eigenvalue weighted by Gasteiger charge is -2.35. The van der Waals surface area contributed by atoms with Crippen molar-refractivity contribution in [2.75, 3.05) is 13.6 Å². The summed E-state index contributed by atoms with van der Waals surface area (Å²) in [4.78, 5) is 14.2. The molecule has 1 N–H and O–H groups in total. The maximum absolute atomic E-state index is 10.9. The maximum atomic E-state index is 10.9. The lowest BCUT2D eigenvalue weighted by molar-refractivity contribution is -0.386. The third kappa shape index (κ3) is 2.78. The second kappa shape index (κ2) is 5.62. The number of aromatic nitrogens is 1. The van der Waals surface area contributed by atoms with Gasteiger partial charge in [0, 0.05) is 6.20 Å². The summed E-state index contributed by atoms with van der Waals surface area (Å²) in [6, 6.07) is 0. The van der Waals surface area contributed by atoms with Gasteiger partial charge < -0.3 is 10.1 Å². The molecule has 1 saturated carbocycles. The summed E-state index contributed by atoms with van der Waals surface area (Å²) in [5, 5.41) is 14.0. The summed E-state index contributed by atoms with van der Waals surface area (Å²) >= 11 is 3.24. The summed E-state index contributed by atoms with van der Waals surface area (Å²) < 4.78 is 6.22. The van der Waals surface area contributed by atoms with Crippen LogP contribution in [0.4, 0.5) is 5.69 Å². The van der Waals surface area contributed by atoms with Crippen molar-refractivity contribution >= 4 is 21.6 Å². The van der Waals surface area contributed by atoms with Gasteiger partial charge in [0.15, 0.2) is 0 Å². The quantitative estimate of drug-likeness (QED) is 0.665. The Morgan fingerprint density at radius 3 is 2.94 bits per heavy atom. The van der Waals surface area contributed by atoms with Gasteiger partial charge in [0.1, 0.15) is 6.20 Å². The Labute approximate surface area is 113 Å². The van der Waals surface area contributed by atoms with Crippen molar-refractivity contribution in [3.05, 3.63) is 27.0 Å². The number of halogens is 1. The minimum atomic E-state index is -0.475. The van der Waals surface area contributed by atoms with Crippen molar-refractivity contribution in [2.24, 2.45) is 5.92 Å². The first-order valence-electron chi connectivity index (χ1n) is 5.71. The van der Waals surface area contributed by atoms with E-state index in [-0.39, 0.29) is 17.5 Å². The third-order valence-electron chi connectivity index (χ3n) is 3.00. The number of rotatable bonds is 5. The monoisotopic (exact) mass is 315 g/mol. The van der Waals surface area contributed by atoms with Gasteiger partial charge in [0.25, 0.3) is 0 Å². The van der Waals surface area contributed by atoms with Gasteiger partial charge in [-0.2, -0.15) is 0 Å². The van der Waals surface area contributed by atoms with E-state index in [1.165, 1.54) is 12.4 Å². The molecule has 0 saturated heterocycles. The lowest BCUT2D eigenvalue weighted by atomic mass is 9.82. The van der Waals surface area contributed by atoms with Gasteiger partial charge in [-0.1, -0.05) is 0 Å². The number of pyridine rings is 1. The van der Waals surface area contributed by atoms with Gasteiger partial charge in [0.05, 0.1) is 15.5 Å². The zero-order valence-electron chi connectivity index (χ0n) is 9.93. The van der Waals surface area contributed by atoms with E-state index in [0.29, 0.717) is 10.4 Å². The van der Waals surface area contributed by atoms with Crippen LogP contribution in [-0.2, 0) is 0 Å². The molecular formula is C11H14BrN3O3. The second-order valence-electron chi connectivity index (χ2n) is 4.36. The number of nitrogens with zero attached hydrogens (tertiary/aromatic N) is 2. The zero-order chi connectivity index (χ0) is 13.1. The van der Waals surface area contributed by atoms with Crippen molar-refractivity contribution in [2.45, 2.75) is 18.9 Å². The van der Waals surface area contributed by atoms with Crippen molar-refractivity contribution in [1.29, 1.82) is 0 Å². The van der Waals surface area contributed by atoms with Gasteiger partial charge in [-0.05, 0) is 48.3 Å². The fourth-order valence-electron chi connectivity index (χ4n) is 2.05. The molecule has 6 nitrogen and oxygen atoms in total. The molecule has 1 aliphatic carbocycles. The molecule has 0 radical (unpaired) electrons. The van der Waals surface area contributed by atoms with Crippen LogP contribution >= 0.6 is 15.9 Å². The standard InChI is InChI=1S/C11H14BrN3O3/c1-13-4-7-2-8(3-7)18-11-9(12)5-14-6-10(11)15(16)17/h5-8,13H,2-4H2,1H3. The number of nitro groups is 1. The summed E-state index contributed by atoms with van der Waals surface area (Å²) in [6.07, 6.45) is 4.62. The fraction of sp³-hybridized carbons (Fsp3) is 0.545. The molecule has 0 bridgehead atoms. The molecule has 0 amide bonds. The van der Waals surface area contributed by atoms with Crippen LogP contribution in [0.5, 0.6) is 5.75 Å². The van der Waals surface area contributed by atoms with Gasteiger partial charge in [0.2, 0.25) is 5.75 Å². The Bertz CT molecular complexity index is 449. The van der Waals surface area contributed by atoms with Crippen LogP contribution in [-0.4, -0.2) is 29.6 Å². The Hall–Kier alpha value is -1.21. The smallest absolute Gasteiger partial charge is 0.330 e. The Balaban J connectivity index is 2.04. The number of ether oxygens (including phenoxy) is 1. The zero-order valence-corrected chi connectivity index (χ0v) is 11.5.